The fourth-order valence-electron chi connectivity index (χ4n) is 2.22. The van der Waals surface area contributed by atoms with Crippen molar-refractivity contribution < 1.29 is 14.7 Å². The van der Waals surface area contributed by atoms with E-state index < -0.39 is 5.97 Å². The van der Waals surface area contributed by atoms with E-state index in [1.807, 2.05) is 11.4 Å². The molecule has 1 heterocycles. The van der Waals surface area contributed by atoms with Gasteiger partial charge in [0.15, 0.2) is 0 Å². The summed E-state index contributed by atoms with van der Waals surface area (Å²) in [5, 5.41) is 16.2. The topological polar surface area (TPSA) is 78.4 Å². The zero-order valence-electron chi connectivity index (χ0n) is 11.1. The lowest BCUT2D eigenvalue weighted by molar-refractivity contribution is -0.131. The number of carbonyl (C=O) groups is 2. The maximum atomic E-state index is 11.7. The summed E-state index contributed by atoms with van der Waals surface area (Å²) >= 11 is 1.50. The van der Waals surface area contributed by atoms with Crippen molar-refractivity contribution in [3.63, 3.8) is 0 Å². The predicted octanol–water partition coefficient (Wildman–Crippen LogP) is 2.59. The summed E-state index contributed by atoms with van der Waals surface area (Å²) < 4.78 is 0. The molecule has 1 aliphatic carbocycles. The van der Waals surface area contributed by atoms with Crippen LogP contribution in [0.5, 0.6) is 0 Å². The van der Waals surface area contributed by atoms with E-state index in [0.29, 0.717) is 12.6 Å². The summed E-state index contributed by atoms with van der Waals surface area (Å²) in [4.78, 5) is 23.1. The Morgan fingerprint density at radius 1 is 1.40 bits per heavy atom. The maximum Gasteiger partial charge on any atom is 0.328 e. The van der Waals surface area contributed by atoms with Gasteiger partial charge in [0.25, 0.3) is 0 Å². The van der Waals surface area contributed by atoms with Crippen LogP contribution in [0.2, 0.25) is 0 Å². The van der Waals surface area contributed by atoms with Gasteiger partial charge in [0, 0.05) is 17.0 Å². The molecule has 0 aromatic carbocycles. The number of rotatable bonds is 5. The number of hydrogen-bond donors (Lipinski definition) is 3. The second kappa shape index (κ2) is 7.09. The molecule has 1 saturated carbocycles. The number of nitrogens with one attached hydrogen (secondary N) is 2. The van der Waals surface area contributed by atoms with Gasteiger partial charge in [-0.25, -0.2) is 9.59 Å². The van der Waals surface area contributed by atoms with E-state index in [2.05, 4.69) is 10.6 Å². The highest BCUT2D eigenvalue weighted by Crippen LogP contribution is 2.18. The third kappa shape index (κ3) is 4.70. The maximum absolute atomic E-state index is 11.7. The molecular weight excluding hydrogens is 276 g/mol. The van der Waals surface area contributed by atoms with Gasteiger partial charge < -0.3 is 15.7 Å². The molecule has 1 fully saturated rings. The van der Waals surface area contributed by atoms with Crippen LogP contribution in [0.15, 0.2) is 17.5 Å². The Morgan fingerprint density at radius 2 is 2.15 bits per heavy atom. The molecule has 6 heteroatoms. The summed E-state index contributed by atoms with van der Waals surface area (Å²) in [5.41, 5.74) is 0.838. The van der Waals surface area contributed by atoms with E-state index in [1.54, 1.807) is 6.08 Å². The number of carboxylic acids is 1. The van der Waals surface area contributed by atoms with Crippen molar-refractivity contribution in [3.05, 3.63) is 28.0 Å². The van der Waals surface area contributed by atoms with E-state index in [1.165, 1.54) is 24.2 Å². The predicted molar refractivity (Wildman–Crippen MR) is 78.6 cm³/mol. The van der Waals surface area contributed by atoms with Crippen LogP contribution < -0.4 is 10.6 Å². The lowest BCUT2D eigenvalue weighted by Gasteiger charge is -2.12. The Labute approximate surface area is 121 Å². The molecule has 1 aromatic heterocycles. The Kier molecular flexibility index (Phi) is 5.17. The SMILES string of the molecule is O=C(O)/C=C/c1csc(CNC(=O)NC2CCCC2)c1. The minimum atomic E-state index is -0.966. The van der Waals surface area contributed by atoms with Crippen LogP contribution in [0.4, 0.5) is 4.79 Å². The molecule has 0 radical (unpaired) electrons. The molecule has 20 heavy (non-hydrogen) atoms. The van der Waals surface area contributed by atoms with Gasteiger partial charge in [0.2, 0.25) is 0 Å². The van der Waals surface area contributed by atoms with Crippen molar-refractivity contribution in [3.8, 4) is 0 Å². The van der Waals surface area contributed by atoms with E-state index in [9.17, 15) is 9.59 Å². The van der Waals surface area contributed by atoms with Crippen LogP contribution in [-0.2, 0) is 11.3 Å². The second-order valence-corrected chi connectivity index (χ2v) is 5.82. The fourth-order valence-corrected chi connectivity index (χ4v) is 3.01. The standard InChI is InChI=1S/C14H18N2O3S/c17-13(18)6-5-10-7-12(20-9-10)8-15-14(19)16-11-3-1-2-4-11/h5-7,9,11H,1-4,8H2,(H,17,18)(H2,15,16,19)/b6-5+. The van der Waals surface area contributed by atoms with Crippen molar-refractivity contribution in [2.24, 2.45) is 0 Å². The van der Waals surface area contributed by atoms with Gasteiger partial charge in [-0.2, -0.15) is 0 Å². The van der Waals surface area contributed by atoms with Crippen molar-refractivity contribution in [2.75, 3.05) is 0 Å². The Balaban J connectivity index is 1.75. The summed E-state index contributed by atoms with van der Waals surface area (Å²) in [6.45, 7) is 0.462. The first-order chi connectivity index (χ1) is 9.63. The van der Waals surface area contributed by atoms with Crippen LogP contribution >= 0.6 is 11.3 Å². The molecule has 0 bridgehead atoms. The van der Waals surface area contributed by atoms with E-state index in [4.69, 9.17) is 5.11 Å². The minimum Gasteiger partial charge on any atom is -0.478 e. The second-order valence-electron chi connectivity index (χ2n) is 4.83. The minimum absolute atomic E-state index is 0.132. The number of carbonyl (C=O) groups excluding carboxylic acids is 1. The first-order valence-corrected chi connectivity index (χ1v) is 7.54. The summed E-state index contributed by atoms with van der Waals surface area (Å²) in [6.07, 6.45) is 7.16. The van der Waals surface area contributed by atoms with Gasteiger partial charge in [-0.05, 0) is 35.9 Å². The van der Waals surface area contributed by atoms with Crippen LogP contribution in [0.25, 0.3) is 6.08 Å². The highest BCUT2D eigenvalue weighted by atomic mass is 32.1. The number of urea groups is 1. The summed E-state index contributed by atoms with van der Waals surface area (Å²) in [5.74, 6) is -0.966. The fraction of sp³-hybridized carbons (Fsp3) is 0.429. The largest absolute Gasteiger partial charge is 0.478 e. The van der Waals surface area contributed by atoms with Gasteiger partial charge in [-0.3, -0.25) is 0 Å². The molecule has 5 nitrogen and oxygen atoms in total. The van der Waals surface area contributed by atoms with Crippen molar-refractivity contribution in [2.45, 2.75) is 38.3 Å². The number of amides is 2. The molecule has 0 atom stereocenters. The van der Waals surface area contributed by atoms with Gasteiger partial charge >= 0.3 is 12.0 Å². The van der Waals surface area contributed by atoms with Crippen molar-refractivity contribution in [1.29, 1.82) is 0 Å². The Bertz CT molecular complexity index is 504. The summed E-state index contributed by atoms with van der Waals surface area (Å²) in [7, 11) is 0. The third-order valence-electron chi connectivity index (χ3n) is 3.21. The lowest BCUT2D eigenvalue weighted by Crippen LogP contribution is -2.40. The number of thiophene rings is 1. The molecule has 108 valence electrons. The summed E-state index contributed by atoms with van der Waals surface area (Å²) in [6, 6.07) is 2.06. The van der Waals surface area contributed by atoms with Gasteiger partial charge in [0.05, 0.1) is 6.54 Å². The van der Waals surface area contributed by atoms with Gasteiger partial charge in [0.1, 0.15) is 0 Å². The molecule has 0 spiro atoms. The quantitative estimate of drug-likeness (QED) is 0.730. The molecule has 0 aliphatic heterocycles. The normalized spacial score (nSPS) is 15.6. The molecule has 2 rings (SSSR count). The Hall–Kier alpha value is -1.82. The van der Waals surface area contributed by atoms with E-state index >= 15 is 0 Å². The zero-order valence-corrected chi connectivity index (χ0v) is 11.9. The van der Waals surface area contributed by atoms with E-state index in [0.717, 1.165) is 29.4 Å². The number of carboxylic acid groups (broad SMARTS) is 1. The van der Waals surface area contributed by atoms with Crippen molar-refractivity contribution in [1.82, 2.24) is 10.6 Å². The molecule has 2 amide bonds. The van der Waals surface area contributed by atoms with E-state index in [-0.39, 0.29) is 6.03 Å². The molecule has 1 aliphatic rings. The molecule has 1 aromatic rings. The lowest BCUT2D eigenvalue weighted by atomic mass is 10.2. The molecule has 3 N–H and O–H groups in total. The van der Waals surface area contributed by atoms with Crippen LogP contribution in [0.1, 0.15) is 36.1 Å². The number of aliphatic carboxylic acids is 1. The highest BCUT2D eigenvalue weighted by Gasteiger charge is 2.16. The van der Waals surface area contributed by atoms with Crippen molar-refractivity contribution >= 4 is 29.4 Å². The van der Waals surface area contributed by atoms with Crippen LogP contribution in [0, 0.1) is 0 Å². The first kappa shape index (κ1) is 14.6. The molecular formula is C14H18N2O3S. The highest BCUT2D eigenvalue weighted by molar-refractivity contribution is 7.10. The van der Waals surface area contributed by atoms with Gasteiger partial charge in [-0.1, -0.05) is 12.8 Å². The zero-order chi connectivity index (χ0) is 14.4. The smallest absolute Gasteiger partial charge is 0.328 e. The average Bonchev–Trinajstić information content (AvgIpc) is 3.05. The van der Waals surface area contributed by atoms with Gasteiger partial charge in [-0.15, -0.1) is 11.3 Å². The number of hydrogen-bond acceptors (Lipinski definition) is 3. The monoisotopic (exact) mass is 294 g/mol. The molecule has 0 saturated heterocycles. The van der Waals surface area contributed by atoms with Crippen LogP contribution in [-0.4, -0.2) is 23.1 Å². The third-order valence-corrected chi connectivity index (χ3v) is 4.16. The average molecular weight is 294 g/mol. The Morgan fingerprint density at radius 3 is 2.85 bits per heavy atom. The van der Waals surface area contributed by atoms with Crippen LogP contribution in [0.3, 0.4) is 0 Å². The first-order valence-electron chi connectivity index (χ1n) is 6.66. The molecule has 0 unspecified atom stereocenters.